The van der Waals surface area contributed by atoms with Crippen molar-refractivity contribution in [3.8, 4) is 11.5 Å². The zero-order valence-corrected chi connectivity index (χ0v) is 19.9. The monoisotopic (exact) mass is 475 g/mol. The minimum Gasteiger partial charge on any atom is -0.486 e. The molecule has 0 aliphatic carbocycles. The number of fused-ring (bicyclic) bond motifs is 2. The van der Waals surface area contributed by atoms with Crippen molar-refractivity contribution in [1.29, 1.82) is 0 Å². The Morgan fingerprint density at radius 2 is 1.82 bits per heavy atom. The van der Waals surface area contributed by atoms with Gasteiger partial charge < -0.3 is 14.4 Å². The number of benzene rings is 2. The molecule has 0 saturated carbocycles. The first-order valence-corrected chi connectivity index (χ1v) is 12.1. The highest BCUT2D eigenvalue weighted by atomic mass is 32.1. The summed E-state index contributed by atoms with van der Waals surface area (Å²) in [5, 5.41) is 7.58. The number of thiophene rings is 1. The number of amides is 1. The highest BCUT2D eigenvalue weighted by molar-refractivity contribution is 7.09. The van der Waals surface area contributed by atoms with Crippen LogP contribution in [-0.4, -0.2) is 28.9 Å². The Balaban J connectivity index is 1.64. The predicted molar refractivity (Wildman–Crippen MR) is 133 cm³/mol. The molecule has 1 amide bonds. The molecule has 0 unspecified atom stereocenters. The summed E-state index contributed by atoms with van der Waals surface area (Å²) in [5.74, 6) is 1.19. The fourth-order valence-corrected chi connectivity index (χ4v) is 4.72. The number of rotatable bonds is 6. The number of hydrogen-bond donors (Lipinski definition) is 0. The van der Waals surface area contributed by atoms with E-state index in [0.717, 1.165) is 4.88 Å². The van der Waals surface area contributed by atoms with Crippen molar-refractivity contribution < 1.29 is 14.3 Å². The number of carbonyl (C=O) groups is 1. The number of anilines is 1. The van der Waals surface area contributed by atoms with Crippen molar-refractivity contribution in [2.24, 2.45) is 5.92 Å². The first-order chi connectivity index (χ1) is 16.5. The summed E-state index contributed by atoms with van der Waals surface area (Å²) >= 11 is 1.58. The summed E-state index contributed by atoms with van der Waals surface area (Å²) in [6.07, 6.45) is 0. The van der Waals surface area contributed by atoms with Gasteiger partial charge in [0.15, 0.2) is 17.2 Å². The zero-order valence-electron chi connectivity index (χ0n) is 19.1. The molecule has 5 rings (SSSR count). The van der Waals surface area contributed by atoms with Crippen LogP contribution in [0.4, 0.5) is 5.69 Å². The van der Waals surface area contributed by atoms with Gasteiger partial charge in [0.2, 0.25) is 0 Å². The molecule has 1 aliphatic rings. The average molecular weight is 476 g/mol. The summed E-state index contributed by atoms with van der Waals surface area (Å²) in [5.41, 5.74) is 0.738. The lowest BCUT2D eigenvalue weighted by Gasteiger charge is -2.25. The van der Waals surface area contributed by atoms with E-state index in [-0.39, 0.29) is 23.1 Å². The van der Waals surface area contributed by atoms with Crippen LogP contribution < -0.4 is 19.9 Å². The maximum absolute atomic E-state index is 14.1. The van der Waals surface area contributed by atoms with E-state index in [1.165, 1.54) is 4.68 Å². The fraction of sp³-hybridized carbons (Fsp3) is 0.269. The summed E-state index contributed by atoms with van der Waals surface area (Å²) in [6, 6.07) is 16.6. The number of ether oxygens (including phenoxy) is 2. The third-order valence-electron chi connectivity index (χ3n) is 5.59. The van der Waals surface area contributed by atoms with Gasteiger partial charge in [-0.05, 0) is 35.6 Å². The van der Waals surface area contributed by atoms with Crippen molar-refractivity contribution >= 4 is 33.7 Å². The van der Waals surface area contributed by atoms with Crippen LogP contribution in [0.1, 0.15) is 29.2 Å². The third-order valence-corrected chi connectivity index (χ3v) is 6.45. The van der Waals surface area contributed by atoms with E-state index in [4.69, 9.17) is 9.47 Å². The van der Waals surface area contributed by atoms with Gasteiger partial charge in [-0.3, -0.25) is 9.59 Å². The third kappa shape index (κ3) is 4.28. The maximum Gasteiger partial charge on any atom is 0.279 e. The van der Waals surface area contributed by atoms with E-state index in [2.05, 4.69) is 5.10 Å². The number of hydrogen-bond acceptors (Lipinski definition) is 6. The van der Waals surface area contributed by atoms with Crippen LogP contribution in [0, 0.1) is 5.92 Å². The van der Waals surface area contributed by atoms with Crippen LogP contribution in [0.2, 0.25) is 0 Å². The molecule has 0 radical (unpaired) electrons. The number of nitrogens with zero attached hydrogens (tertiary/aromatic N) is 3. The summed E-state index contributed by atoms with van der Waals surface area (Å²) in [4.78, 5) is 29.8. The molecule has 0 fully saturated rings. The molecule has 7 nitrogen and oxygen atoms in total. The second-order valence-corrected chi connectivity index (χ2v) is 9.61. The van der Waals surface area contributed by atoms with Crippen molar-refractivity contribution in [3.05, 3.63) is 80.9 Å². The van der Waals surface area contributed by atoms with Crippen molar-refractivity contribution in [2.75, 3.05) is 18.1 Å². The Hall–Kier alpha value is -3.65. The van der Waals surface area contributed by atoms with Gasteiger partial charge in [0.25, 0.3) is 11.5 Å². The van der Waals surface area contributed by atoms with E-state index in [1.807, 2.05) is 61.7 Å². The molecule has 2 aromatic heterocycles. The Bertz CT molecular complexity index is 1400. The van der Waals surface area contributed by atoms with Gasteiger partial charge in [0, 0.05) is 28.6 Å². The van der Waals surface area contributed by atoms with E-state index < -0.39 is 0 Å². The Morgan fingerprint density at radius 1 is 1.06 bits per heavy atom. The topological polar surface area (TPSA) is 73.7 Å². The quantitative estimate of drug-likeness (QED) is 0.403. The molecule has 4 aromatic rings. The van der Waals surface area contributed by atoms with E-state index >= 15 is 0 Å². The molecule has 34 heavy (non-hydrogen) atoms. The molecule has 1 aliphatic heterocycles. The van der Waals surface area contributed by atoms with Crippen LogP contribution in [0.25, 0.3) is 10.8 Å². The molecule has 174 valence electrons. The van der Waals surface area contributed by atoms with Crippen LogP contribution in [0.3, 0.4) is 0 Å². The van der Waals surface area contributed by atoms with Crippen LogP contribution in [0.15, 0.2) is 64.8 Å². The normalized spacial score (nSPS) is 12.8. The maximum atomic E-state index is 14.1. The van der Waals surface area contributed by atoms with Gasteiger partial charge in [0.1, 0.15) is 13.2 Å². The van der Waals surface area contributed by atoms with Gasteiger partial charge in [0.05, 0.1) is 11.9 Å². The van der Waals surface area contributed by atoms with Gasteiger partial charge in [-0.2, -0.15) is 5.10 Å². The van der Waals surface area contributed by atoms with Crippen LogP contribution >= 0.6 is 11.3 Å². The molecule has 3 heterocycles. The smallest absolute Gasteiger partial charge is 0.279 e. The minimum absolute atomic E-state index is 0.190. The highest BCUT2D eigenvalue weighted by Crippen LogP contribution is 2.35. The number of carbonyl (C=O) groups excluding carboxylic acids is 1. The summed E-state index contributed by atoms with van der Waals surface area (Å²) < 4.78 is 12.8. The van der Waals surface area contributed by atoms with Crippen LogP contribution in [0.5, 0.6) is 11.5 Å². The molecule has 8 heteroatoms. The van der Waals surface area contributed by atoms with Gasteiger partial charge in [-0.25, -0.2) is 4.68 Å². The highest BCUT2D eigenvalue weighted by Gasteiger charge is 2.26. The summed E-state index contributed by atoms with van der Waals surface area (Å²) in [7, 11) is 0. The Morgan fingerprint density at radius 3 is 2.56 bits per heavy atom. The molecular weight excluding hydrogens is 450 g/mol. The van der Waals surface area contributed by atoms with Gasteiger partial charge in [-0.15, -0.1) is 11.3 Å². The van der Waals surface area contributed by atoms with E-state index in [1.54, 1.807) is 28.4 Å². The standard InChI is InChI=1S/C26H25N3O4S/c1-17(2)15-29-25(30)21-8-4-3-7-20(21)24(27-29)26(31)28(16-19-6-5-13-34-19)18-9-10-22-23(14-18)33-12-11-32-22/h3-10,13-14,17H,11-12,15-16H2,1-2H3. The first-order valence-electron chi connectivity index (χ1n) is 11.2. The largest absolute Gasteiger partial charge is 0.486 e. The zero-order chi connectivity index (χ0) is 23.7. The molecule has 0 bridgehead atoms. The minimum atomic E-state index is -0.279. The first kappa shape index (κ1) is 22.2. The second-order valence-electron chi connectivity index (χ2n) is 8.57. The SMILES string of the molecule is CC(C)Cn1nc(C(=O)N(Cc2cccs2)c2ccc3c(c2)OCCO3)c2ccccc2c1=O. The lowest BCUT2D eigenvalue weighted by molar-refractivity contribution is 0.0979. The molecule has 0 N–H and O–H groups in total. The molecule has 0 atom stereocenters. The predicted octanol–water partition coefficient (Wildman–Crippen LogP) is 4.73. The molecule has 0 spiro atoms. The summed E-state index contributed by atoms with van der Waals surface area (Å²) in [6.45, 7) is 5.79. The lowest BCUT2D eigenvalue weighted by atomic mass is 10.1. The lowest BCUT2D eigenvalue weighted by Crippen LogP contribution is -2.34. The average Bonchev–Trinajstić information content (AvgIpc) is 3.37. The van der Waals surface area contributed by atoms with E-state index in [9.17, 15) is 9.59 Å². The Kier molecular flexibility index (Phi) is 6.06. The second kappa shape index (κ2) is 9.30. The molecule has 2 aromatic carbocycles. The fourth-order valence-electron chi connectivity index (χ4n) is 4.03. The Labute approximate surface area is 201 Å². The van der Waals surface area contributed by atoms with E-state index in [0.29, 0.717) is 54.3 Å². The number of aromatic nitrogens is 2. The van der Waals surface area contributed by atoms with Crippen molar-refractivity contribution in [2.45, 2.75) is 26.9 Å². The molecular formula is C26H25N3O4S. The van der Waals surface area contributed by atoms with Crippen LogP contribution in [-0.2, 0) is 13.1 Å². The van der Waals surface area contributed by atoms with Gasteiger partial charge >= 0.3 is 0 Å². The van der Waals surface area contributed by atoms with Crippen molar-refractivity contribution in [1.82, 2.24) is 9.78 Å². The van der Waals surface area contributed by atoms with Crippen molar-refractivity contribution in [3.63, 3.8) is 0 Å². The van der Waals surface area contributed by atoms with Gasteiger partial charge in [-0.1, -0.05) is 38.1 Å². The molecule has 0 saturated heterocycles.